The van der Waals surface area contributed by atoms with E-state index in [2.05, 4.69) is 10.0 Å². The van der Waals surface area contributed by atoms with Gasteiger partial charge < -0.3 is 5.32 Å². The molecule has 0 saturated carbocycles. The van der Waals surface area contributed by atoms with Gasteiger partial charge in [-0.3, -0.25) is 9.52 Å². The molecule has 0 atom stereocenters. The van der Waals surface area contributed by atoms with Crippen molar-refractivity contribution in [2.24, 2.45) is 0 Å². The first-order valence-corrected chi connectivity index (χ1v) is 7.88. The lowest BCUT2D eigenvalue weighted by atomic mass is 10.2. The van der Waals surface area contributed by atoms with E-state index in [-0.39, 0.29) is 15.6 Å². The summed E-state index contributed by atoms with van der Waals surface area (Å²) < 4.78 is 39.9. The highest BCUT2D eigenvalue weighted by Gasteiger charge is 2.16. The lowest BCUT2D eigenvalue weighted by Crippen LogP contribution is -2.13. The summed E-state index contributed by atoms with van der Waals surface area (Å²) in [5, 5.41) is 3.93. The third-order valence-electron chi connectivity index (χ3n) is 2.29. The van der Waals surface area contributed by atoms with Crippen LogP contribution in [0.4, 0.5) is 15.8 Å². The van der Waals surface area contributed by atoms with E-state index in [1.807, 2.05) is 0 Å². The fourth-order valence-electron chi connectivity index (χ4n) is 1.50. The highest BCUT2D eigenvalue weighted by atomic mass is 32.2. The Morgan fingerprint density at radius 2 is 2.05 bits per heavy atom. The van der Waals surface area contributed by atoms with Crippen molar-refractivity contribution in [3.8, 4) is 0 Å². The van der Waals surface area contributed by atoms with Crippen LogP contribution >= 0.6 is 11.3 Å². The molecular formula is C12H11FN2O3S2. The molecule has 0 saturated heterocycles. The van der Waals surface area contributed by atoms with Crippen LogP contribution in [0.1, 0.15) is 6.92 Å². The molecule has 5 nitrogen and oxygen atoms in total. The topological polar surface area (TPSA) is 75.3 Å². The van der Waals surface area contributed by atoms with Gasteiger partial charge in [0.05, 0.1) is 11.4 Å². The van der Waals surface area contributed by atoms with Gasteiger partial charge in [-0.25, -0.2) is 12.8 Å². The second kappa shape index (κ2) is 5.59. The largest absolute Gasteiger partial charge is 0.324 e. The molecule has 1 amide bonds. The van der Waals surface area contributed by atoms with Crippen LogP contribution in [0.2, 0.25) is 0 Å². The number of nitrogens with one attached hydrogen (secondary N) is 2. The Labute approximate surface area is 119 Å². The van der Waals surface area contributed by atoms with Gasteiger partial charge in [0.15, 0.2) is 0 Å². The molecular weight excluding hydrogens is 303 g/mol. The van der Waals surface area contributed by atoms with Gasteiger partial charge in [0.2, 0.25) is 5.91 Å². The number of hydrogen-bond donors (Lipinski definition) is 2. The summed E-state index contributed by atoms with van der Waals surface area (Å²) in [4.78, 5) is 10.9. The molecule has 1 aromatic heterocycles. The third-order valence-corrected chi connectivity index (χ3v) is 5.07. The maximum absolute atomic E-state index is 13.4. The first-order chi connectivity index (χ1) is 9.38. The molecule has 1 heterocycles. The van der Waals surface area contributed by atoms with E-state index in [9.17, 15) is 17.6 Å². The van der Waals surface area contributed by atoms with Crippen LogP contribution in [-0.4, -0.2) is 14.3 Å². The maximum Gasteiger partial charge on any atom is 0.271 e. The molecule has 0 radical (unpaired) electrons. The number of carbonyl (C=O) groups excluding carboxylic acids is 1. The van der Waals surface area contributed by atoms with Crippen molar-refractivity contribution in [2.45, 2.75) is 11.1 Å². The highest BCUT2D eigenvalue weighted by Crippen LogP contribution is 2.24. The Bertz CT molecular complexity index is 727. The molecule has 1 aromatic carbocycles. The molecule has 0 spiro atoms. The van der Waals surface area contributed by atoms with Crippen molar-refractivity contribution in [1.82, 2.24) is 0 Å². The van der Waals surface area contributed by atoms with Crippen molar-refractivity contribution < 1.29 is 17.6 Å². The van der Waals surface area contributed by atoms with Crippen LogP contribution in [0, 0.1) is 5.82 Å². The van der Waals surface area contributed by atoms with Gasteiger partial charge in [0.25, 0.3) is 10.0 Å². The van der Waals surface area contributed by atoms with Gasteiger partial charge >= 0.3 is 0 Å². The minimum atomic E-state index is -3.69. The SMILES string of the molecule is CC(=O)Nc1cc(NS(=O)(=O)c2cccs2)ccc1F. The zero-order chi connectivity index (χ0) is 14.8. The molecule has 2 rings (SSSR count). The molecule has 20 heavy (non-hydrogen) atoms. The van der Waals surface area contributed by atoms with Gasteiger partial charge in [0, 0.05) is 6.92 Å². The summed E-state index contributed by atoms with van der Waals surface area (Å²) in [6.07, 6.45) is 0. The number of amides is 1. The van der Waals surface area contributed by atoms with Crippen LogP contribution in [-0.2, 0) is 14.8 Å². The molecule has 0 aliphatic heterocycles. The zero-order valence-corrected chi connectivity index (χ0v) is 12.0. The number of carbonyl (C=O) groups is 1. The van der Waals surface area contributed by atoms with Crippen LogP contribution in [0.3, 0.4) is 0 Å². The number of sulfonamides is 1. The summed E-state index contributed by atoms with van der Waals surface area (Å²) in [7, 11) is -3.69. The quantitative estimate of drug-likeness (QED) is 0.911. The van der Waals surface area contributed by atoms with E-state index in [0.717, 1.165) is 17.4 Å². The number of halogens is 1. The molecule has 0 bridgehead atoms. The van der Waals surface area contributed by atoms with Crippen molar-refractivity contribution in [1.29, 1.82) is 0 Å². The minimum Gasteiger partial charge on any atom is -0.324 e. The first-order valence-electron chi connectivity index (χ1n) is 5.52. The standard InChI is InChI=1S/C12H11FN2O3S2/c1-8(16)14-11-7-9(4-5-10(11)13)15-20(17,18)12-3-2-6-19-12/h2-7,15H,1H3,(H,14,16). The minimum absolute atomic E-state index is 0.0797. The predicted octanol–water partition coefficient (Wildman–Crippen LogP) is 2.65. The number of benzene rings is 1. The lowest BCUT2D eigenvalue weighted by Gasteiger charge is -2.09. The van der Waals surface area contributed by atoms with Crippen LogP contribution < -0.4 is 10.0 Å². The molecule has 0 aliphatic carbocycles. The van der Waals surface area contributed by atoms with Gasteiger partial charge in [-0.2, -0.15) is 0 Å². The van der Waals surface area contributed by atoms with E-state index in [4.69, 9.17) is 0 Å². The Morgan fingerprint density at radius 1 is 1.30 bits per heavy atom. The first kappa shape index (κ1) is 14.5. The number of hydrogen-bond acceptors (Lipinski definition) is 4. The van der Waals surface area contributed by atoms with Crippen molar-refractivity contribution in [3.63, 3.8) is 0 Å². The third kappa shape index (κ3) is 3.34. The molecule has 8 heteroatoms. The maximum atomic E-state index is 13.4. The second-order valence-corrected chi connectivity index (χ2v) is 6.77. The van der Waals surface area contributed by atoms with Crippen molar-refractivity contribution in [3.05, 3.63) is 41.5 Å². The van der Waals surface area contributed by atoms with E-state index in [1.54, 1.807) is 11.4 Å². The number of rotatable bonds is 4. The normalized spacial score (nSPS) is 11.1. The predicted molar refractivity (Wildman–Crippen MR) is 75.8 cm³/mol. The van der Waals surface area contributed by atoms with Crippen molar-refractivity contribution >= 4 is 38.6 Å². The van der Waals surface area contributed by atoms with E-state index in [0.29, 0.717) is 0 Å². The van der Waals surface area contributed by atoms with Gasteiger partial charge in [-0.05, 0) is 29.6 Å². The Balaban J connectivity index is 2.28. The van der Waals surface area contributed by atoms with Crippen LogP contribution in [0.15, 0.2) is 39.9 Å². The van der Waals surface area contributed by atoms with E-state index < -0.39 is 21.7 Å². The zero-order valence-electron chi connectivity index (χ0n) is 10.4. The van der Waals surface area contributed by atoms with Gasteiger partial charge in [-0.15, -0.1) is 11.3 Å². The molecule has 2 aromatic rings. The summed E-state index contributed by atoms with van der Waals surface area (Å²) in [5.74, 6) is -1.08. The Hall–Kier alpha value is -1.93. The van der Waals surface area contributed by atoms with Crippen LogP contribution in [0.25, 0.3) is 0 Å². The van der Waals surface area contributed by atoms with E-state index in [1.165, 1.54) is 25.1 Å². The van der Waals surface area contributed by atoms with E-state index >= 15 is 0 Å². The number of thiophene rings is 1. The van der Waals surface area contributed by atoms with Gasteiger partial charge in [-0.1, -0.05) is 6.07 Å². The number of anilines is 2. The molecule has 106 valence electrons. The Kier molecular flexibility index (Phi) is 4.05. The average Bonchev–Trinajstić information content (AvgIpc) is 2.87. The smallest absolute Gasteiger partial charge is 0.271 e. The highest BCUT2D eigenvalue weighted by molar-refractivity contribution is 7.94. The average molecular weight is 314 g/mol. The fourth-order valence-corrected chi connectivity index (χ4v) is 3.54. The molecule has 0 unspecified atom stereocenters. The monoisotopic (exact) mass is 314 g/mol. The fraction of sp³-hybridized carbons (Fsp3) is 0.0833. The van der Waals surface area contributed by atoms with Crippen LogP contribution in [0.5, 0.6) is 0 Å². The van der Waals surface area contributed by atoms with Gasteiger partial charge in [0.1, 0.15) is 10.0 Å². The summed E-state index contributed by atoms with van der Waals surface area (Å²) in [5.41, 5.74) is 0.0902. The summed E-state index contributed by atoms with van der Waals surface area (Å²) in [6.45, 7) is 1.24. The second-order valence-electron chi connectivity index (χ2n) is 3.91. The molecule has 0 aliphatic rings. The summed E-state index contributed by atoms with van der Waals surface area (Å²) in [6, 6.07) is 6.67. The molecule has 2 N–H and O–H groups in total. The lowest BCUT2D eigenvalue weighted by molar-refractivity contribution is -0.114. The van der Waals surface area contributed by atoms with Crippen molar-refractivity contribution in [2.75, 3.05) is 10.0 Å². The summed E-state index contributed by atoms with van der Waals surface area (Å²) >= 11 is 1.07. The molecule has 0 fully saturated rings. The Morgan fingerprint density at radius 3 is 2.65 bits per heavy atom.